The van der Waals surface area contributed by atoms with Crippen LogP contribution in [0.1, 0.15) is 38.5 Å². The maximum Gasteiger partial charge on any atom is 0.125 e. The molecule has 1 aliphatic carbocycles. The number of hydrogen-bond donors (Lipinski definition) is 0. The van der Waals surface area contributed by atoms with Crippen LogP contribution < -0.4 is 0 Å². The average Bonchev–Trinajstić information content (AvgIpc) is 2.31. The Morgan fingerprint density at radius 1 is 1.27 bits per heavy atom. The molecule has 0 N–H and O–H groups in total. The van der Waals surface area contributed by atoms with Gasteiger partial charge in [-0.25, -0.2) is 0 Å². The van der Waals surface area contributed by atoms with E-state index in [9.17, 15) is 0 Å². The molecule has 15 heavy (non-hydrogen) atoms. The zero-order valence-electron chi connectivity index (χ0n) is 9.12. The molecule has 0 aromatic carbocycles. The molecule has 3 heteroatoms. The van der Waals surface area contributed by atoms with Gasteiger partial charge in [-0.05, 0) is 19.3 Å². The summed E-state index contributed by atoms with van der Waals surface area (Å²) < 4.78 is 5.55. The molecule has 3 nitrogen and oxygen atoms in total. The van der Waals surface area contributed by atoms with Crippen LogP contribution in [0.25, 0.3) is 0 Å². The zero-order chi connectivity index (χ0) is 11.1. The van der Waals surface area contributed by atoms with E-state index in [0.29, 0.717) is 6.42 Å². The molecule has 0 amide bonds. The van der Waals surface area contributed by atoms with E-state index in [0.717, 1.165) is 12.8 Å². The standard InChI is InChI=1S/C12H16N2O/c1-15-12(6-3-2-4-7-12)8-5-11(9-13)10-14/h5H,2-4,6-8H2,1H3. The van der Waals surface area contributed by atoms with Gasteiger partial charge < -0.3 is 4.74 Å². The SMILES string of the molecule is COC1(CC=C(C#N)C#N)CCCCC1. The first-order valence-electron chi connectivity index (χ1n) is 5.32. The van der Waals surface area contributed by atoms with E-state index in [1.54, 1.807) is 13.2 Å². The number of nitrogens with zero attached hydrogens (tertiary/aromatic N) is 2. The van der Waals surface area contributed by atoms with Crippen LogP contribution in [0.3, 0.4) is 0 Å². The molecule has 0 bridgehead atoms. The van der Waals surface area contributed by atoms with Crippen LogP contribution in [0.5, 0.6) is 0 Å². The van der Waals surface area contributed by atoms with Crippen molar-refractivity contribution in [2.45, 2.75) is 44.1 Å². The highest BCUT2D eigenvalue weighted by molar-refractivity contribution is 5.35. The van der Waals surface area contributed by atoms with Gasteiger partial charge in [-0.3, -0.25) is 0 Å². The van der Waals surface area contributed by atoms with E-state index < -0.39 is 0 Å². The van der Waals surface area contributed by atoms with Gasteiger partial charge in [0.25, 0.3) is 0 Å². The van der Waals surface area contributed by atoms with Crippen LogP contribution in [-0.2, 0) is 4.74 Å². The summed E-state index contributed by atoms with van der Waals surface area (Å²) in [5.74, 6) is 0. The Bertz CT molecular complexity index is 297. The fraction of sp³-hybridized carbons (Fsp3) is 0.667. The summed E-state index contributed by atoms with van der Waals surface area (Å²) in [4.78, 5) is 0. The van der Waals surface area contributed by atoms with Gasteiger partial charge in [-0.1, -0.05) is 25.3 Å². The van der Waals surface area contributed by atoms with Crippen LogP contribution in [0.4, 0.5) is 0 Å². The molecule has 0 aromatic heterocycles. The van der Waals surface area contributed by atoms with Gasteiger partial charge in [0, 0.05) is 7.11 Å². The predicted octanol–water partition coefficient (Wildman–Crippen LogP) is 2.70. The fourth-order valence-electron chi connectivity index (χ4n) is 2.09. The Labute approximate surface area is 91.0 Å². The Balaban J connectivity index is 2.65. The molecule has 0 radical (unpaired) electrons. The molecule has 1 saturated carbocycles. The first kappa shape index (κ1) is 11.8. The summed E-state index contributed by atoms with van der Waals surface area (Å²) in [6.45, 7) is 0. The lowest BCUT2D eigenvalue weighted by molar-refractivity contribution is -0.0365. The van der Waals surface area contributed by atoms with Crippen molar-refractivity contribution in [1.29, 1.82) is 10.5 Å². The lowest BCUT2D eigenvalue weighted by atomic mass is 9.82. The van der Waals surface area contributed by atoms with E-state index >= 15 is 0 Å². The van der Waals surface area contributed by atoms with E-state index in [4.69, 9.17) is 15.3 Å². The minimum absolute atomic E-state index is 0.128. The second-order valence-electron chi connectivity index (χ2n) is 3.99. The van der Waals surface area contributed by atoms with E-state index in [1.807, 2.05) is 12.1 Å². The van der Waals surface area contributed by atoms with Gasteiger partial charge in [-0.15, -0.1) is 0 Å². The maximum atomic E-state index is 8.63. The number of methoxy groups -OCH3 is 1. The van der Waals surface area contributed by atoms with Crippen LogP contribution >= 0.6 is 0 Å². The summed E-state index contributed by atoms with van der Waals surface area (Å²) in [5, 5.41) is 17.3. The van der Waals surface area contributed by atoms with Crippen molar-refractivity contribution in [2.24, 2.45) is 0 Å². The largest absolute Gasteiger partial charge is 0.378 e. The predicted molar refractivity (Wildman–Crippen MR) is 56.8 cm³/mol. The molecule has 1 aliphatic rings. The highest BCUT2D eigenvalue weighted by Crippen LogP contribution is 2.34. The zero-order valence-corrected chi connectivity index (χ0v) is 9.12. The molecule has 1 fully saturated rings. The normalized spacial score (nSPS) is 18.6. The molecule has 0 atom stereocenters. The first-order valence-corrected chi connectivity index (χ1v) is 5.32. The van der Waals surface area contributed by atoms with Crippen LogP contribution in [0.15, 0.2) is 11.6 Å². The number of ether oxygens (including phenoxy) is 1. The van der Waals surface area contributed by atoms with Gasteiger partial charge in [0.2, 0.25) is 0 Å². The Hall–Kier alpha value is -1.32. The monoisotopic (exact) mass is 204 g/mol. The van der Waals surface area contributed by atoms with E-state index in [2.05, 4.69) is 0 Å². The first-order chi connectivity index (χ1) is 7.26. The summed E-state index contributed by atoms with van der Waals surface area (Å²) in [6.07, 6.45) is 8.06. The van der Waals surface area contributed by atoms with Gasteiger partial charge >= 0.3 is 0 Å². The molecular formula is C12H16N2O. The fourth-order valence-corrected chi connectivity index (χ4v) is 2.09. The van der Waals surface area contributed by atoms with Gasteiger partial charge in [0.15, 0.2) is 0 Å². The third-order valence-electron chi connectivity index (χ3n) is 3.12. The maximum absolute atomic E-state index is 8.63. The Morgan fingerprint density at radius 2 is 1.87 bits per heavy atom. The number of rotatable bonds is 3. The lowest BCUT2D eigenvalue weighted by Gasteiger charge is -2.35. The van der Waals surface area contributed by atoms with E-state index in [-0.39, 0.29) is 11.2 Å². The molecule has 0 saturated heterocycles. The van der Waals surface area contributed by atoms with Crippen molar-refractivity contribution in [3.8, 4) is 12.1 Å². The van der Waals surface area contributed by atoms with Crippen molar-refractivity contribution < 1.29 is 4.74 Å². The van der Waals surface area contributed by atoms with Crippen LogP contribution in [-0.4, -0.2) is 12.7 Å². The van der Waals surface area contributed by atoms with Crippen molar-refractivity contribution in [3.05, 3.63) is 11.6 Å². The average molecular weight is 204 g/mol. The van der Waals surface area contributed by atoms with Crippen LogP contribution in [0.2, 0.25) is 0 Å². The Morgan fingerprint density at radius 3 is 2.33 bits per heavy atom. The second kappa shape index (κ2) is 5.53. The third-order valence-corrected chi connectivity index (χ3v) is 3.12. The van der Waals surface area contributed by atoms with Gasteiger partial charge in [-0.2, -0.15) is 10.5 Å². The minimum atomic E-state index is -0.128. The molecule has 0 heterocycles. The van der Waals surface area contributed by atoms with E-state index in [1.165, 1.54) is 19.3 Å². The molecule has 0 unspecified atom stereocenters. The summed E-state index contributed by atoms with van der Waals surface area (Å²) >= 11 is 0. The summed E-state index contributed by atoms with van der Waals surface area (Å²) in [7, 11) is 1.72. The second-order valence-corrected chi connectivity index (χ2v) is 3.99. The van der Waals surface area contributed by atoms with Crippen molar-refractivity contribution in [3.63, 3.8) is 0 Å². The lowest BCUT2D eigenvalue weighted by Crippen LogP contribution is -2.33. The summed E-state index contributed by atoms with van der Waals surface area (Å²) in [6, 6.07) is 3.75. The number of allylic oxidation sites excluding steroid dienone is 1. The highest BCUT2D eigenvalue weighted by atomic mass is 16.5. The number of hydrogen-bond acceptors (Lipinski definition) is 3. The van der Waals surface area contributed by atoms with Gasteiger partial charge in [0.05, 0.1) is 5.60 Å². The molecule has 0 aromatic rings. The Kier molecular flexibility index (Phi) is 4.34. The number of nitriles is 2. The quantitative estimate of drug-likeness (QED) is 0.664. The molecule has 1 rings (SSSR count). The minimum Gasteiger partial charge on any atom is -0.378 e. The smallest absolute Gasteiger partial charge is 0.125 e. The molecule has 0 aliphatic heterocycles. The van der Waals surface area contributed by atoms with Crippen molar-refractivity contribution >= 4 is 0 Å². The third kappa shape index (κ3) is 3.08. The molecule has 0 spiro atoms. The highest BCUT2D eigenvalue weighted by Gasteiger charge is 2.30. The van der Waals surface area contributed by atoms with Crippen LogP contribution in [0, 0.1) is 22.7 Å². The van der Waals surface area contributed by atoms with Crippen molar-refractivity contribution in [2.75, 3.05) is 7.11 Å². The van der Waals surface area contributed by atoms with Gasteiger partial charge in [0.1, 0.15) is 17.7 Å². The summed E-state index contributed by atoms with van der Waals surface area (Å²) in [5.41, 5.74) is 0.0639. The van der Waals surface area contributed by atoms with Crippen molar-refractivity contribution in [1.82, 2.24) is 0 Å². The molecule has 80 valence electrons. The molecular weight excluding hydrogens is 188 g/mol. The topological polar surface area (TPSA) is 56.8 Å².